The van der Waals surface area contributed by atoms with Crippen LogP contribution in [0.25, 0.3) is 0 Å². The minimum absolute atomic E-state index is 0.392. The Morgan fingerprint density at radius 1 is 1.40 bits per heavy atom. The summed E-state index contributed by atoms with van der Waals surface area (Å²) < 4.78 is 0. The van der Waals surface area contributed by atoms with E-state index in [2.05, 4.69) is 36.1 Å². The molecule has 1 heterocycles. The number of hydrogen-bond donors (Lipinski definition) is 2. The molecule has 0 saturated carbocycles. The average Bonchev–Trinajstić information content (AvgIpc) is 2.68. The van der Waals surface area contributed by atoms with E-state index in [9.17, 15) is 0 Å². The van der Waals surface area contributed by atoms with Crippen molar-refractivity contribution in [2.45, 2.75) is 46.1 Å². The van der Waals surface area contributed by atoms with Crippen LogP contribution in [0, 0.1) is 5.92 Å². The predicted octanol–water partition coefficient (Wildman–Crippen LogP) is 2.89. The van der Waals surface area contributed by atoms with Crippen LogP contribution in [-0.2, 0) is 0 Å². The van der Waals surface area contributed by atoms with Crippen molar-refractivity contribution in [3.05, 3.63) is 18.2 Å². The standard InChI is InChI=1S/C12H23N3/c1-4-13-11(7-5-6-10(2)3)12-14-8-9-15-12/h8-11,13H,4-7H2,1-3H3,(H,14,15). The van der Waals surface area contributed by atoms with Crippen molar-refractivity contribution < 1.29 is 0 Å². The fourth-order valence-corrected chi connectivity index (χ4v) is 1.78. The summed E-state index contributed by atoms with van der Waals surface area (Å²) in [4.78, 5) is 7.50. The molecule has 86 valence electrons. The minimum Gasteiger partial charge on any atom is -0.347 e. The molecule has 3 nitrogen and oxygen atoms in total. The molecule has 0 aliphatic heterocycles. The van der Waals surface area contributed by atoms with E-state index in [4.69, 9.17) is 0 Å². The molecule has 0 aromatic carbocycles. The molecule has 3 heteroatoms. The van der Waals surface area contributed by atoms with Gasteiger partial charge >= 0.3 is 0 Å². The second-order valence-corrected chi connectivity index (χ2v) is 4.41. The molecule has 1 aromatic rings. The summed E-state index contributed by atoms with van der Waals surface area (Å²) in [5.41, 5.74) is 0. The Morgan fingerprint density at radius 2 is 2.20 bits per heavy atom. The van der Waals surface area contributed by atoms with Crippen molar-refractivity contribution in [3.8, 4) is 0 Å². The number of nitrogens with one attached hydrogen (secondary N) is 2. The van der Waals surface area contributed by atoms with E-state index in [0.29, 0.717) is 6.04 Å². The van der Waals surface area contributed by atoms with Gasteiger partial charge in [-0.2, -0.15) is 0 Å². The number of rotatable bonds is 7. The maximum atomic E-state index is 4.31. The first-order chi connectivity index (χ1) is 7.24. The van der Waals surface area contributed by atoms with Crippen molar-refractivity contribution in [1.29, 1.82) is 0 Å². The fraction of sp³-hybridized carbons (Fsp3) is 0.750. The van der Waals surface area contributed by atoms with E-state index in [1.165, 1.54) is 19.3 Å². The SMILES string of the molecule is CCNC(CCCC(C)C)c1ncc[nH]1. The molecule has 1 atom stereocenters. The third-order valence-corrected chi connectivity index (χ3v) is 2.57. The summed E-state index contributed by atoms with van der Waals surface area (Å²) >= 11 is 0. The van der Waals surface area contributed by atoms with E-state index in [0.717, 1.165) is 18.3 Å². The molecule has 1 unspecified atom stereocenters. The van der Waals surface area contributed by atoms with Gasteiger partial charge in [-0.1, -0.05) is 33.6 Å². The van der Waals surface area contributed by atoms with Crippen molar-refractivity contribution in [3.63, 3.8) is 0 Å². The van der Waals surface area contributed by atoms with E-state index >= 15 is 0 Å². The zero-order valence-electron chi connectivity index (χ0n) is 10.1. The van der Waals surface area contributed by atoms with Crippen molar-refractivity contribution >= 4 is 0 Å². The smallest absolute Gasteiger partial charge is 0.123 e. The Kier molecular flexibility index (Phi) is 5.40. The first-order valence-electron chi connectivity index (χ1n) is 5.96. The molecule has 15 heavy (non-hydrogen) atoms. The van der Waals surface area contributed by atoms with Crippen LogP contribution in [0.2, 0.25) is 0 Å². The molecule has 0 fully saturated rings. The van der Waals surface area contributed by atoms with Crippen LogP contribution in [0.15, 0.2) is 12.4 Å². The molecule has 1 rings (SSSR count). The lowest BCUT2D eigenvalue weighted by atomic mass is 10.0. The number of aromatic amines is 1. The summed E-state index contributed by atoms with van der Waals surface area (Å²) in [7, 11) is 0. The van der Waals surface area contributed by atoms with Gasteiger partial charge in [0.15, 0.2) is 0 Å². The first-order valence-corrected chi connectivity index (χ1v) is 5.96. The molecule has 0 amide bonds. The summed E-state index contributed by atoms with van der Waals surface area (Å²) in [5.74, 6) is 1.87. The lowest BCUT2D eigenvalue weighted by Gasteiger charge is -2.15. The fourth-order valence-electron chi connectivity index (χ4n) is 1.78. The van der Waals surface area contributed by atoms with Crippen molar-refractivity contribution in [2.75, 3.05) is 6.54 Å². The third kappa shape index (κ3) is 4.47. The van der Waals surface area contributed by atoms with E-state index in [1.807, 2.05) is 12.4 Å². The van der Waals surface area contributed by atoms with Gasteiger partial charge in [-0.15, -0.1) is 0 Å². The zero-order chi connectivity index (χ0) is 11.1. The van der Waals surface area contributed by atoms with Gasteiger partial charge in [0.2, 0.25) is 0 Å². The minimum atomic E-state index is 0.392. The molecule has 0 saturated heterocycles. The molecule has 0 aliphatic carbocycles. The Balaban J connectivity index is 2.38. The van der Waals surface area contributed by atoms with Crippen LogP contribution in [0.4, 0.5) is 0 Å². The topological polar surface area (TPSA) is 40.7 Å². The van der Waals surface area contributed by atoms with E-state index in [1.54, 1.807) is 0 Å². The number of H-pyrrole nitrogens is 1. The molecule has 0 bridgehead atoms. The Labute approximate surface area is 92.7 Å². The van der Waals surface area contributed by atoms with Crippen molar-refractivity contribution in [2.24, 2.45) is 5.92 Å². The lowest BCUT2D eigenvalue weighted by molar-refractivity contribution is 0.443. The van der Waals surface area contributed by atoms with Gasteiger partial charge in [0.1, 0.15) is 5.82 Å². The highest BCUT2D eigenvalue weighted by Gasteiger charge is 2.11. The summed E-state index contributed by atoms with van der Waals surface area (Å²) in [6, 6.07) is 0.392. The highest BCUT2D eigenvalue weighted by Crippen LogP contribution is 2.17. The number of hydrogen-bond acceptors (Lipinski definition) is 2. The molecular weight excluding hydrogens is 186 g/mol. The summed E-state index contributed by atoms with van der Waals surface area (Å²) in [5, 5.41) is 3.46. The van der Waals surface area contributed by atoms with Crippen LogP contribution in [0.3, 0.4) is 0 Å². The van der Waals surface area contributed by atoms with Crippen molar-refractivity contribution in [1.82, 2.24) is 15.3 Å². The van der Waals surface area contributed by atoms with Gasteiger partial charge in [-0.3, -0.25) is 0 Å². The maximum Gasteiger partial charge on any atom is 0.123 e. The third-order valence-electron chi connectivity index (χ3n) is 2.57. The first kappa shape index (κ1) is 12.2. The lowest BCUT2D eigenvalue weighted by Crippen LogP contribution is -2.22. The molecule has 0 spiro atoms. The van der Waals surface area contributed by atoms with Crippen LogP contribution in [-0.4, -0.2) is 16.5 Å². The van der Waals surface area contributed by atoms with Gasteiger partial charge in [-0.25, -0.2) is 4.98 Å². The van der Waals surface area contributed by atoms with Gasteiger partial charge < -0.3 is 10.3 Å². The van der Waals surface area contributed by atoms with E-state index in [-0.39, 0.29) is 0 Å². The van der Waals surface area contributed by atoms with Gasteiger partial charge in [0.25, 0.3) is 0 Å². The summed E-state index contributed by atoms with van der Waals surface area (Å²) in [6.45, 7) is 7.68. The van der Waals surface area contributed by atoms with Crippen LogP contribution >= 0.6 is 0 Å². The monoisotopic (exact) mass is 209 g/mol. The highest BCUT2D eigenvalue weighted by molar-refractivity contribution is 4.95. The van der Waals surface area contributed by atoms with Crippen LogP contribution < -0.4 is 5.32 Å². The molecule has 0 radical (unpaired) electrons. The average molecular weight is 209 g/mol. The largest absolute Gasteiger partial charge is 0.347 e. The number of nitrogens with zero attached hydrogens (tertiary/aromatic N) is 1. The van der Waals surface area contributed by atoms with Crippen LogP contribution in [0.1, 0.15) is 51.9 Å². The van der Waals surface area contributed by atoms with E-state index < -0.39 is 0 Å². The predicted molar refractivity (Wildman–Crippen MR) is 63.7 cm³/mol. The molecule has 2 N–H and O–H groups in total. The summed E-state index contributed by atoms with van der Waals surface area (Å²) in [6.07, 6.45) is 7.43. The Bertz CT molecular complexity index is 241. The Morgan fingerprint density at radius 3 is 2.73 bits per heavy atom. The van der Waals surface area contributed by atoms with Crippen LogP contribution in [0.5, 0.6) is 0 Å². The zero-order valence-corrected chi connectivity index (χ0v) is 10.1. The normalized spacial score (nSPS) is 13.3. The van der Waals surface area contributed by atoms with Gasteiger partial charge in [-0.05, 0) is 18.9 Å². The molecule has 0 aliphatic rings. The second-order valence-electron chi connectivity index (χ2n) is 4.41. The van der Waals surface area contributed by atoms with Gasteiger partial charge in [0.05, 0.1) is 6.04 Å². The maximum absolute atomic E-state index is 4.31. The van der Waals surface area contributed by atoms with Gasteiger partial charge in [0, 0.05) is 12.4 Å². The number of aromatic nitrogens is 2. The highest BCUT2D eigenvalue weighted by atomic mass is 15.0. The molecule has 1 aromatic heterocycles. The molecular formula is C12H23N3. The Hall–Kier alpha value is -0.830. The quantitative estimate of drug-likeness (QED) is 0.725. The number of imidazole rings is 1. The second kappa shape index (κ2) is 6.62.